The van der Waals surface area contributed by atoms with Crippen molar-refractivity contribution < 1.29 is 14.7 Å². The van der Waals surface area contributed by atoms with Crippen molar-refractivity contribution in [3.63, 3.8) is 0 Å². The number of carbonyl (C=O) groups is 2. The molecule has 0 bridgehead atoms. The van der Waals surface area contributed by atoms with Crippen molar-refractivity contribution in [2.75, 3.05) is 13.1 Å². The van der Waals surface area contributed by atoms with Crippen LogP contribution in [0.3, 0.4) is 0 Å². The van der Waals surface area contributed by atoms with E-state index in [-0.39, 0.29) is 18.4 Å². The lowest BCUT2D eigenvalue weighted by Crippen LogP contribution is -2.39. The SMILES string of the molecule is O=C(O)Cn1ccc([C@@H]2CCCN(C(=O)c3ccncc3)C2)n1. The molecule has 1 amide bonds. The molecule has 23 heavy (non-hydrogen) atoms. The molecule has 120 valence electrons. The normalized spacial score (nSPS) is 17.9. The molecule has 1 saturated heterocycles. The summed E-state index contributed by atoms with van der Waals surface area (Å²) in [6.45, 7) is 1.19. The van der Waals surface area contributed by atoms with Crippen molar-refractivity contribution in [1.82, 2.24) is 19.7 Å². The summed E-state index contributed by atoms with van der Waals surface area (Å²) >= 11 is 0. The first-order chi connectivity index (χ1) is 11.1. The van der Waals surface area contributed by atoms with Crippen LogP contribution in [0.1, 0.15) is 34.8 Å². The van der Waals surface area contributed by atoms with Crippen molar-refractivity contribution in [3.05, 3.63) is 48.0 Å². The Morgan fingerprint density at radius 2 is 2.04 bits per heavy atom. The summed E-state index contributed by atoms with van der Waals surface area (Å²) in [5.41, 5.74) is 1.48. The van der Waals surface area contributed by atoms with E-state index < -0.39 is 5.97 Å². The fourth-order valence-electron chi connectivity index (χ4n) is 2.90. The number of hydrogen-bond donors (Lipinski definition) is 1. The number of amides is 1. The van der Waals surface area contributed by atoms with Gasteiger partial charge in [0.25, 0.3) is 5.91 Å². The molecule has 0 saturated carbocycles. The highest BCUT2D eigenvalue weighted by atomic mass is 16.4. The van der Waals surface area contributed by atoms with Crippen LogP contribution >= 0.6 is 0 Å². The minimum absolute atomic E-state index is 0.00192. The van der Waals surface area contributed by atoms with Crippen LogP contribution in [0.15, 0.2) is 36.8 Å². The molecule has 0 radical (unpaired) electrons. The van der Waals surface area contributed by atoms with Gasteiger partial charge in [-0.2, -0.15) is 5.10 Å². The van der Waals surface area contributed by atoms with Crippen LogP contribution in [0.2, 0.25) is 0 Å². The Hall–Kier alpha value is -2.70. The Morgan fingerprint density at radius 3 is 2.78 bits per heavy atom. The third-order valence-electron chi connectivity index (χ3n) is 4.01. The lowest BCUT2D eigenvalue weighted by molar-refractivity contribution is -0.137. The predicted molar refractivity (Wildman–Crippen MR) is 82.0 cm³/mol. The summed E-state index contributed by atoms with van der Waals surface area (Å²) in [7, 11) is 0. The van der Waals surface area contributed by atoms with Crippen LogP contribution < -0.4 is 0 Å². The molecule has 3 heterocycles. The van der Waals surface area contributed by atoms with Crippen molar-refractivity contribution in [2.45, 2.75) is 25.3 Å². The smallest absolute Gasteiger partial charge is 0.325 e. The predicted octanol–water partition coefficient (Wildman–Crippen LogP) is 1.38. The molecule has 2 aromatic heterocycles. The Morgan fingerprint density at radius 1 is 1.26 bits per heavy atom. The molecule has 0 aliphatic carbocycles. The number of carbonyl (C=O) groups excluding carboxylic acids is 1. The zero-order valence-corrected chi connectivity index (χ0v) is 12.6. The summed E-state index contributed by atoms with van der Waals surface area (Å²) in [5, 5.41) is 13.1. The maximum Gasteiger partial charge on any atom is 0.325 e. The molecule has 0 unspecified atom stereocenters. The quantitative estimate of drug-likeness (QED) is 0.921. The first-order valence-electron chi connectivity index (χ1n) is 7.58. The maximum atomic E-state index is 12.5. The van der Waals surface area contributed by atoms with Gasteiger partial charge in [-0.15, -0.1) is 0 Å². The van der Waals surface area contributed by atoms with Gasteiger partial charge in [0.15, 0.2) is 0 Å². The first-order valence-corrected chi connectivity index (χ1v) is 7.58. The number of hydrogen-bond acceptors (Lipinski definition) is 4. The molecule has 0 aromatic carbocycles. The average molecular weight is 314 g/mol. The van der Waals surface area contributed by atoms with Crippen LogP contribution in [0, 0.1) is 0 Å². The summed E-state index contributed by atoms with van der Waals surface area (Å²) in [6, 6.07) is 5.27. The van der Waals surface area contributed by atoms with Crippen molar-refractivity contribution >= 4 is 11.9 Å². The number of aromatic nitrogens is 3. The monoisotopic (exact) mass is 314 g/mol. The molecule has 7 nitrogen and oxygen atoms in total. The Kier molecular flexibility index (Phi) is 4.36. The average Bonchev–Trinajstić information content (AvgIpc) is 3.03. The van der Waals surface area contributed by atoms with Crippen LogP contribution in [0.5, 0.6) is 0 Å². The van der Waals surface area contributed by atoms with E-state index >= 15 is 0 Å². The number of carboxylic acids is 1. The number of aliphatic carboxylic acids is 1. The van der Waals surface area contributed by atoms with Crippen molar-refractivity contribution in [1.29, 1.82) is 0 Å². The van der Waals surface area contributed by atoms with E-state index in [2.05, 4.69) is 10.1 Å². The lowest BCUT2D eigenvalue weighted by atomic mass is 9.94. The number of rotatable bonds is 4. The van der Waals surface area contributed by atoms with Crippen molar-refractivity contribution in [2.24, 2.45) is 0 Å². The Balaban J connectivity index is 1.69. The van der Waals surface area contributed by atoms with Gasteiger partial charge in [0.2, 0.25) is 0 Å². The number of pyridine rings is 1. The molecule has 3 rings (SSSR count). The zero-order valence-electron chi connectivity index (χ0n) is 12.6. The van der Waals surface area contributed by atoms with Gasteiger partial charge in [-0.05, 0) is 31.0 Å². The van der Waals surface area contributed by atoms with Gasteiger partial charge in [0.05, 0.1) is 5.69 Å². The second-order valence-electron chi connectivity index (χ2n) is 5.66. The van der Waals surface area contributed by atoms with Crippen LogP contribution in [-0.2, 0) is 11.3 Å². The van der Waals surface area contributed by atoms with E-state index in [9.17, 15) is 9.59 Å². The first kappa shape index (κ1) is 15.2. The summed E-state index contributed by atoms with van der Waals surface area (Å²) in [6.07, 6.45) is 6.76. The highest BCUT2D eigenvalue weighted by molar-refractivity contribution is 5.94. The van der Waals surface area contributed by atoms with E-state index in [1.165, 1.54) is 4.68 Å². The minimum atomic E-state index is -0.919. The van der Waals surface area contributed by atoms with E-state index in [1.54, 1.807) is 30.7 Å². The molecule has 1 aliphatic heterocycles. The fourth-order valence-corrected chi connectivity index (χ4v) is 2.90. The number of carboxylic acid groups (broad SMARTS) is 1. The second kappa shape index (κ2) is 6.60. The van der Waals surface area contributed by atoms with Crippen molar-refractivity contribution in [3.8, 4) is 0 Å². The minimum Gasteiger partial charge on any atom is -0.480 e. The maximum absolute atomic E-state index is 12.5. The van der Waals surface area contributed by atoms with Gasteiger partial charge in [0, 0.05) is 43.2 Å². The Bertz CT molecular complexity index is 698. The van der Waals surface area contributed by atoms with Gasteiger partial charge >= 0.3 is 5.97 Å². The van der Waals surface area contributed by atoms with Crippen LogP contribution in [-0.4, -0.2) is 49.7 Å². The van der Waals surface area contributed by atoms with Crippen LogP contribution in [0.4, 0.5) is 0 Å². The largest absolute Gasteiger partial charge is 0.480 e. The highest BCUT2D eigenvalue weighted by Crippen LogP contribution is 2.26. The molecular weight excluding hydrogens is 296 g/mol. The molecule has 1 N–H and O–H groups in total. The topological polar surface area (TPSA) is 88.3 Å². The zero-order chi connectivity index (χ0) is 16.2. The summed E-state index contributed by atoms with van der Waals surface area (Å²) < 4.78 is 1.42. The second-order valence-corrected chi connectivity index (χ2v) is 5.66. The van der Waals surface area contributed by atoms with Crippen LogP contribution in [0.25, 0.3) is 0 Å². The number of likely N-dealkylation sites (tertiary alicyclic amines) is 1. The standard InChI is InChI=1S/C16H18N4O3/c21-15(22)11-20-9-5-14(18-20)13-2-1-8-19(10-13)16(23)12-3-6-17-7-4-12/h3-7,9,13H,1-2,8,10-11H2,(H,21,22)/t13-/m1/s1. The highest BCUT2D eigenvalue weighted by Gasteiger charge is 2.26. The molecule has 7 heteroatoms. The van der Waals surface area contributed by atoms with E-state index in [4.69, 9.17) is 5.11 Å². The van der Waals surface area contributed by atoms with Gasteiger partial charge in [-0.25, -0.2) is 0 Å². The summed E-state index contributed by atoms with van der Waals surface area (Å²) in [5.74, 6) is -0.774. The van der Waals surface area contributed by atoms with E-state index in [0.29, 0.717) is 12.1 Å². The Labute approximate surface area is 133 Å². The molecule has 1 fully saturated rings. The molecule has 1 atom stereocenters. The van der Waals surface area contributed by atoms with Gasteiger partial charge in [-0.3, -0.25) is 19.3 Å². The number of nitrogens with zero attached hydrogens (tertiary/aromatic N) is 4. The third kappa shape index (κ3) is 3.56. The fraction of sp³-hybridized carbons (Fsp3) is 0.375. The summed E-state index contributed by atoms with van der Waals surface area (Å²) in [4.78, 5) is 29.0. The van der Waals surface area contributed by atoms with Gasteiger partial charge < -0.3 is 10.0 Å². The van der Waals surface area contributed by atoms with Gasteiger partial charge in [0.1, 0.15) is 6.54 Å². The van der Waals surface area contributed by atoms with E-state index in [1.807, 2.05) is 11.0 Å². The molecule has 1 aliphatic rings. The molecule has 0 spiro atoms. The number of piperidine rings is 1. The molecular formula is C16H18N4O3. The molecule has 2 aromatic rings. The lowest BCUT2D eigenvalue weighted by Gasteiger charge is -2.32. The van der Waals surface area contributed by atoms with Gasteiger partial charge in [-0.1, -0.05) is 0 Å². The van der Waals surface area contributed by atoms with E-state index in [0.717, 1.165) is 25.1 Å². The third-order valence-corrected chi connectivity index (χ3v) is 4.01.